The van der Waals surface area contributed by atoms with Crippen LogP contribution in [0.1, 0.15) is 65.2 Å². The van der Waals surface area contributed by atoms with Crippen LogP contribution in [0.15, 0.2) is 54.6 Å². The van der Waals surface area contributed by atoms with Gasteiger partial charge in [0.2, 0.25) is 0 Å². The number of rotatable bonds is 3. The second-order valence-corrected chi connectivity index (χ2v) is 7.37. The van der Waals surface area contributed by atoms with E-state index in [1.807, 2.05) is 12.1 Å². The second kappa shape index (κ2) is 6.07. The summed E-state index contributed by atoms with van der Waals surface area (Å²) in [6.07, 6.45) is 5.67. The van der Waals surface area contributed by atoms with Gasteiger partial charge in [-0.25, -0.2) is 4.79 Å². The molecule has 0 saturated heterocycles. The van der Waals surface area contributed by atoms with Crippen LogP contribution in [0.5, 0.6) is 0 Å². The van der Waals surface area contributed by atoms with E-state index in [2.05, 4.69) is 49.5 Å². The highest BCUT2D eigenvalue weighted by atomic mass is 16.4. The van der Waals surface area contributed by atoms with Gasteiger partial charge in [-0.1, -0.05) is 56.3 Å². The third kappa shape index (κ3) is 2.64. The lowest BCUT2D eigenvalue weighted by atomic mass is 9.75. The molecular formula is C22H23NO2. The van der Waals surface area contributed by atoms with Crippen LogP contribution in [-0.2, 0) is 0 Å². The molecule has 1 aliphatic carbocycles. The smallest absolute Gasteiger partial charge is 0.335 e. The minimum absolute atomic E-state index is 0.204. The average Bonchev–Trinajstić information content (AvgIpc) is 3.10. The molecule has 0 radical (unpaired) electrons. The predicted molar refractivity (Wildman–Crippen MR) is 100 cm³/mol. The Bertz CT molecular complexity index is 836. The van der Waals surface area contributed by atoms with Gasteiger partial charge in [-0.2, -0.15) is 0 Å². The second-order valence-electron chi connectivity index (χ2n) is 7.37. The SMILES string of the molecule is CC(C)c1cccc2c1NC(c1ccc(C(=O)O)cc1)C1CC=CC21. The van der Waals surface area contributed by atoms with Crippen LogP contribution in [0.3, 0.4) is 0 Å². The molecule has 0 spiro atoms. The summed E-state index contributed by atoms with van der Waals surface area (Å²) in [7, 11) is 0. The van der Waals surface area contributed by atoms with E-state index in [4.69, 9.17) is 5.11 Å². The van der Waals surface area contributed by atoms with E-state index in [1.54, 1.807) is 12.1 Å². The molecule has 0 saturated carbocycles. The van der Waals surface area contributed by atoms with E-state index in [9.17, 15) is 4.79 Å². The Kier molecular flexibility index (Phi) is 3.87. The van der Waals surface area contributed by atoms with Crippen LogP contribution >= 0.6 is 0 Å². The number of para-hydroxylation sites is 1. The monoisotopic (exact) mass is 333 g/mol. The maximum absolute atomic E-state index is 11.1. The lowest BCUT2D eigenvalue weighted by Gasteiger charge is -2.39. The van der Waals surface area contributed by atoms with Gasteiger partial charge in [0, 0.05) is 11.6 Å². The van der Waals surface area contributed by atoms with Crippen molar-refractivity contribution in [3.8, 4) is 0 Å². The quantitative estimate of drug-likeness (QED) is 0.746. The minimum atomic E-state index is -0.879. The molecule has 0 amide bonds. The number of fused-ring (bicyclic) bond motifs is 3. The van der Waals surface area contributed by atoms with E-state index < -0.39 is 5.97 Å². The molecule has 4 rings (SSSR count). The first-order valence-electron chi connectivity index (χ1n) is 8.95. The number of carbonyl (C=O) groups is 1. The number of anilines is 1. The number of hydrogen-bond donors (Lipinski definition) is 2. The van der Waals surface area contributed by atoms with Crippen LogP contribution in [0, 0.1) is 5.92 Å². The summed E-state index contributed by atoms with van der Waals surface area (Å²) in [6.45, 7) is 4.45. The van der Waals surface area contributed by atoms with Crippen LogP contribution in [0.2, 0.25) is 0 Å². The zero-order valence-electron chi connectivity index (χ0n) is 14.6. The van der Waals surface area contributed by atoms with Crippen LogP contribution in [0.4, 0.5) is 5.69 Å². The molecule has 3 nitrogen and oxygen atoms in total. The van der Waals surface area contributed by atoms with Gasteiger partial charge in [0.05, 0.1) is 11.6 Å². The van der Waals surface area contributed by atoms with E-state index >= 15 is 0 Å². The molecule has 0 aromatic heterocycles. The number of aromatic carboxylic acids is 1. The minimum Gasteiger partial charge on any atom is -0.478 e. The van der Waals surface area contributed by atoms with Gasteiger partial charge < -0.3 is 10.4 Å². The first-order valence-corrected chi connectivity index (χ1v) is 8.95. The van der Waals surface area contributed by atoms with Gasteiger partial charge in [0.15, 0.2) is 0 Å². The number of carboxylic acid groups (broad SMARTS) is 1. The predicted octanol–water partition coefficient (Wildman–Crippen LogP) is 5.33. The molecule has 2 aliphatic rings. The number of nitrogens with one attached hydrogen (secondary N) is 1. The molecule has 2 N–H and O–H groups in total. The van der Waals surface area contributed by atoms with Crippen molar-refractivity contribution in [3.05, 3.63) is 76.9 Å². The first kappa shape index (κ1) is 15.9. The third-order valence-corrected chi connectivity index (χ3v) is 5.57. The topological polar surface area (TPSA) is 49.3 Å². The summed E-state index contributed by atoms with van der Waals surface area (Å²) in [6, 6.07) is 14.2. The van der Waals surface area contributed by atoms with Gasteiger partial charge in [-0.05, 0) is 47.1 Å². The maximum atomic E-state index is 11.1. The lowest BCUT2D eigenvalue weighted by molar-refractivity contribution is 0.0697. The maximum Gasteiger partial charge on any atom is 0.335 e. The molecule has 3 atom stereocenters. The highest BCUT2D eigenvalue weighted by Crippen LogP contribution is 2.51. The van der Waals surface area contributed by atoms with Crippen molar-refractivity contribution >= 4 is 11.7 Å². The Morgan fingerprint density at radius 1 is 1.16 bits per heavy atom. The Morgan fingerprint density at radius 2 is 1.92 bits per heavy atom. The van der Waals surface area contributed by atoms with Crippen molar-refractivity contribution in [1.82, 2.24) is 0 Å². The zero-order valence-corrected chi connectivity index (χ0v) is 14.6. The molecular weight excluding hydrogens is 310 g/mol. The fourth-order valence-electron chi connectivity index (χ4n) is 4.29. The Labute approximate surface area is 148 Å². The van der Waals surface area contributed by atoms with Crippen molar-refractivity contribution < 1.29 is 9.90 Å². The molecule has 3 unspecified atom stereocenters. The molecule has 1 heterocycles. The summed E-state index contributed by atoms with van der Waals surface area (Å²) in [4.78, 5) is 11.1. The third-order valence-electron chi connectivity index (χ3n) is 5.57. The van der Waals surface area contributed by atoms with Crippen LogP contribution < -0.4 is 5.32 Å². The summed E-state index contributed by atoms with van der Waals surface area (Å²) < 4.78 is 0. The lowest BCUT2D eigenvalue weighted by Crippen LogP contribution is -2.30. The van der Waals surface area contributed by atoms with Crippen LogP contribution in [0.25, 0.3) is 0 Å². The van der Waals surface area contributed by atoms with Crippen LogP contribution in [-0.4, -0.2) is 11.1 Å². The highest BCUT2D eigenvalue weighted by Gasteiger charge is 2.38. The van der Waals surface area contributed by atoms with E-state index in [0.29, 0.717) is 23.3 Å². The molecule has 25 heavy (non-hydrogen) atoms. The Balaban J connectivity index is 1.77. The number of allylic oxidation sites excluding steroid dienone is 2. The fourth-order valence-corrected chi connectivity index (χ4v) is 4.29. The molecule has 128 valence electrons. The fraction of sp³-hybridized carbons (Fsp3) is 0.318. The summed E-state index contributed by atoms with van der Waals surface area (Å²) in [5.74, 6) is 0.486. The molecule has 3 heteroatoms. The summed E-state index contributed by atoms with van der Waals surface area (Å²) >= 11 is 0. The molecule has 0 fully saturated rings. The zero-order chi connectivity index (χ0) is 17.6. The van der Waals surface area contributed by atoms with Crippen molar-refractivity contribution in [1.29, 1.82) is 0 Å². The first-order chi connectivity index (χ1) is 12.1. The number of hydrogen-bond acceptors (Lipinski definition) is 2. The summed E-state index contributed by atoms with van der Waals surface area (Å²) in [5.41, 5.74) is 5.50. The Hall–Kier alpha value is -2.55. The van der Waals surface area contributed by atoms with Crippen molar-refractivity contribution in [2.24, 2.45) is 5.92 Å². The molecule has 1 aliphatic heterocycles. The molecule has 2 aromatic carbocycles. The number of benzene rings is 2. The van der Waals surface area contributed by atoms with Gasteiger partial charge in [-0.3, -0.25) is 0 Å². The highest BCUT2D eigenvalue weighted by molar-refractivity contribution is 5.87. The van der Waals surface area contributed by atoms with Gasteiger partial charge in [0.25, 0.3) is 0 Å². The average molecular weight is 333 g/mol. The largest absolute Gasteiger partial charge is 0.478 e. The molecule has 0 bridgehead atoms. The van der Waals surface area contributed by atoms with E-state index in [-0.39, 0.29) is 6.04 Å². The van der Waals surface area contributed by atoms with Crippen molar-refractivity contribution in [2.45, 2.75) is 38.1 Å². The van der Waals surface area contributed by atoms with Crippen molar-refractivity contribution in [3.63, 3.8) is 0 Å². The Morgan fingerprint density at radius 3 is 2.60 bits per heavy atom. The van der Waals surface area contributed by atoms with E-state index in [1.165, 1.54) is 16.8 Å². The normalized spacial score (nSPS) is 23.9. The van der Waals surface area contributed by atoms with Crippen molar-refractivity contribution in [2.75, 3.05) is 5.32 Å². The standard InChI is InChI=1S/C22H23NO2/c1-13(2)16-5-3-8-19-17-6-4-7-18(17)20(23-21(16)19)14-9-11-15(12-10-14)22(24)25/h3-6,8-13,17-18,20,23H,7H2,1-2H3,(H,24,25). The molecule has 2 aromatic rings. The van der Waals surface area contributed by atoms with E-state index in [0.717, 1.165) is 12.0 Å². The number of carboxylic acids is 1. The van der Waals surface area contributed by atoms with Gasteiger partial charge >= 0.3 is 5.97 Å². The summed E-state index contributed by atoms with van der Waals surface area (Å²) in [5, 5.41) is 12.9. The van der Waals surface area contributed by atoms with Gasteiger partial charge in [-0.15, -0.1) is 0 Å². The van der Waals surface area contributed by atoms with Gasteiger partial charge in [0.1, 0.15) is 0 Å².